The minimum Gasteiger partial charge on any atom is -0.390 e. The molecule has 5 nitrogen and oxygen atoms in total. The highest BCUT2D eigenvalue weighted by Gasteiger charge is 2.51. The molecule has 0 radical (unpaired) electrons. The first kappa shape index (κ1) is 19.4. The van der Waals surface area contributed by atoms with Crippen molar-refractivity contribution < 1.29 is 18.3 Å². The molecule has 3 rings (SSSR count). The molecule has 1 aliphatic heterocycles. The maximum atomic E-state index is 13.1. The third kappa shape index (κ3) is 3.41. The topological polar surface area (TPSA) is 74.7 Å². The van der Waals surface area contributed by atoms with Crippen molar-refractivity contribution in [1.82, 2.24) is 0 Å². The van der Waals surface area contributed by atoms with Gasteiger partial charge in [-0.15, -0.1) is 0 Å². The summed E-state index contributed by atoms with van der Waals surface area (Å²) in [5.74, 6) is 0.195. The van der Waals surface area contributed by atoms with Crippen molar-refractivity contribution in [2.24, 2.45) is 5.41 Å². The zero-order valence-corrected chi connectivity index (χ0v) is 16.5. The van der Waals surface area contributed by atoms with E-state index in [4.69, 9.17) is 0 Å². The molecular formula is C20H29NO4S. The fourth-order valence-corrected chi connectivity index (χ4v) is 5.32. The maximum absolute atomic E-state index is 13.1. The Labute approximate surface area is 156 Å². The third-order valence-corrected chi connectivity index (χ3v) is 8.00. The normalized spacial score (nSPS) is 29.5. The zero-order valence-electron chi connectivity index (χ0n) is 15.7. The van der Waals surface area contributed by atoms with Crippen LogP contribution in [0.4, 0.5) is 5.69 Å². The van der Waals surface area contributed by atoms with E-state index in [9.17, 15) is 18.3 Å². The van der Waals surface area contributed by atoms with E-state index in [0.29, 0.717) is 24.3 Å². The molecule has 144 valence electrons. The van der Waals surface area contributed by atoms with Gasteiger partial charge in [0.15, 0.2) is 9.84 Å². The molecule has 0 unspecified atom stereocenters. The van der Waals surface area contributed by atoms with E-state index >= 15 is 0 Å². The molecule has 0 aromatic heterocycles. The Hall–Kier alpha value is -1.40. The van der Waals surface area contributed by atoms with Crippen molar-refractivity contribution >= 4 is 21.4 Å². The fourth-order valence-electron chi connectivity index (χ4n) is 4.44. The van der Waals surface area contributed by atoms with Gasteiger partial charge in [0, 0.05) is 12.2 Å². The molecule has 1 saturated carbocycles. The lowest BCUT2D eigenvalue weighted by Crippen LogP contribution is -2.43. The Morgan fingerprint density at radius 2 is 1.65 bits per heavy atom. The number of hydrogen-bond acceptors (Lipinski definition) is 4. The lowest BCUT2D eigenvalue weighted by molar-refractivity contribution is -0.130. The lowest BCUT2D eigenvalue weighted by atomic mass is 9.67. The van der Waals surface area contributed by atoms with E-state index in [1.54, 1.807) is 36.1 Å². The minimum absolute atomic E-state index is 0.0682. The molecule has 1 heterocycles. The molecule has 1 saturated heterocycles. The van der Waals surface area contributed by atoms with Gasteiger partial charge in [-0.2, -0.15) is 0 Å². The molecule has 26 heavy (non-hydrogen) atoms. The first-order valence-electron chi connectivity index (χ1n) is 9.62. The van der Waals surface area contributed by atoms with E-state index in [2.05, 4.69) is 6.92 Å². The summed E-state index contributed by atoms with van der Waals surface area (Å²) < 4.78 is 23.9. The molecule has 1 spiro atoms. The molecule has 0 atom stereocenters. The van der Waals surface area contributed by atoms with Crippen LogP contribution in [0.15, 0.2) is 29.2 Å². The van der Waals surface area contributed by atoms with Crippen LogP contribution < -0.4 is 4.90 Å². The Kier molecular flexibility index (Phi) is 5.19. The molecule has 1 aromatic rings. The van der Waals surface area contributed by atoms with Gasteiger partial charge in [-0.3, -0.25) is 4.79 Å². The summed E-state index contributed by atoms with van der Waals surface area (Å²) in [4.78, 5) is 15.2. The summed E-state index contributed by atoms with van der Waals surface area (Å²) in [5, 5.41) is 10.6. The third-order valence-electron chi connectivity index (χ3n) is 6.25. The standard InChI is InChI=1S/C20H29NO4S/c1-3-9-20(23)12-10-19(11-13-20)14-15-21(18(19)22)16-5-7-17(8-6-16)26(24,25)4-2/h5-8,23H,3-4,9-15H2,1-2H3/t19-,20+. The van der Waals surface area contributed by atoms with Crippen LogP contribution in [0.1, 0.15) is 58.8 Å². The van der Waals surface area contributed by atoms with Crippen molar-refractivity contribution in [3.8, 4) is 0 Å². The predicted octanol–water partition coefficient (Wildman–Crippen LogP) is 3.31. The molecular weight excluding hydrogens is 350 g/mol. The molecule has 1 aromatic carbocycles. The first-order chi connectivity index (χ1) is 12.3. The monoisotopic (exact) mass is 379 g/mol. The number of carbonyl (C=O) groups is 1. The summed E-state index contributed by atoms with van der Waals surface area (Å²) in [6.07, 6.45) is 5.42. The highest BCUT2D eigenvalue weighted by atomic mass is 32.2. The van der Waals surface area contributed by atoms with Gasteiger partial charge >= 0.3 is 0 Å². The Morgan fingerprint density at radius 1 is 1.04 bits per heavy atom. The SMILES string of the molecule is CCC[C@]1(O)CC[C@]2(CCN(c3ccc(S(=O)(=O)CC)cc3)C2=O)CC1. The summed E-state index contributed by atoms with van der Waals surface area (Å²) >= 11 is 0. The van der Waals surface area contributed by atoms with Crippen LogP contribution in [-0.4, -0.2) is 37.3 Å². The van der Waals surface area contributed by atoms with Crippen molar-refractivity contribution in [2.45, 2.75) is 69.3 Å². The Morgan fingerprint density at radius 3 is 2.19 bits per heavy atom. The van der Waals surface area contributed by atoms with Crippen molar-refractivity contribution in [2.75, 3.05) is 17.2 Å². The predicted molar refractivity (Wildman–Crippen MR) is 102 cm³/mol. The summed E-state index contributed by atoms with van der Waals surface area (Å²) in [6, 6.07) is 6.64. The number of anilines is 1. The van der Waals surface area contributed by atoms with E-state index in [1.807, 2.05) is 0 Å². The van der Waals surface area contributed by atoms with Gasteiger partial charge < -0.3 is 10.0 Å². The molecule has 1 amide bonds. The van der Waals surface area contributed by atoms with E-state index in [-0.39, 0.29) is 17.1 Å². The molecule has 1 aliphatic carbocycles. The number of aliphatic hydroxyl groups is 1. The number of sulfone groups is 1. The maximum Gasteiger partial charge on any atom is 0.233 e. The van der Waals surface area contributed by atoms with Crippen LogP contribution in [0, 0.1) is 5.41 Å². The molecule has 0 bridgehead atoms. The summed E-state index contributed by atoms with van der Waals surface area (Å²) in [6.45, 7) is 4.36. The second kappa shape index (κ2) is 6.97. The summed E-state index contributed by atoms with van der Waals surface area (Å²) in [7, 11) is -3.23. The van der Waals surface area contributed by atoms with E-state index < -0.39 is 15.4 Å². The quantitative estimate of drug-likeness (QED) is 0.852. The van der Waals surface area contributed by atoms with Gasteiger partial charge in [-0.25, -0.2) is 8.42 Å². The van der Waals surface area contributed by atoms with Gasteiger partial charge in [0.1, 0.15) is 0 Å². The molecule has 6 heteroatoms. The van der Waals surface area contributed by atoms with Crippen molar-refractivity contribution in [1.29, 1.82) is 0 Å². The number of rotatable bonds is 5. The van der Waals surface area contributed by atoms with Crippen LogP contribution in [0.5, 0.6) is 0 Å². The van der Waals surface area contributed by atoms with Crippen LogP contribution in [0.2, 0.25) is 0 Å². The van der Waals surface area contributed by atoms with Crippen LogP contribution in [0.3, 0.4) is 0 Å². The number of amides is 1. The van der Waals surface area contributed by atoms with Crippen molar-refractivity contribution in [3.05, 3.63) is 24.3 Å². The second-order valence-electron chi connectivity index (χ2n) is 7.86. The number of nitrogens with zero attached hydrogens (tertiary/aromatic N) is 1. The number of carbonyl (C=O) groups excluding carboxylic acids is 1. The van der Waals surface area contributed by atoms with E-state index in [0.717, 1.165) is 37.8 Å². The van der Waals surface area contributed by atoms with Crippen molar-refractivity contribution in [3.63, 3.8) is 0 Å². The molecule has 1 N–H and O–H groups in total. The average molecular weight is 380 g/mol. The van der Waals surface area contributed by atoms with E-state index in [1.165, 1.54) is 0 Å². The fraction of sp³-hybridized carbons (Fsp3) is 0.650. The number of hydrogen-bond donors (Lipinski definition) is 1. The summed E-state index contributed by atoms with van der Waals surface area (Å²) in [5.41, 5.74) is -0.200. The minimum atomic E-state index is -3.23. The van der Waals surface area contributed by atoms with Crippen LogP contribution in [0.25, 0.3) is 0 Å². The first-order valence-corrected chi connectivity index (χ1v) is 11.3. The van der Waals surface area contributed by atoms with Gasteiger partial charge in [0.25, 0.3) is 0 Å². The average Bonchev–Trinajstić information content (AvgIpc) is 2.95. The number of benzene rings is 1. The Bertz CT molecular complexity index is 762. The lowest BCUT2D eigenvalue weighted by Gasteiger charge is -2.41. The van der Waals surface area contributed by atoms with Gasteiger partial charge in [-0.1, -0.05) is 20.3 Å². The largest absolute Gasteiger partial charge is 0.390 e. The molecule has 2 fully saturated rings. The van der Waals surface area contributed by atoms with Crippen LogP contribution >= 0.6 is 0 Å². The van der Waals surface area contributed by atoms with Gasteiger partial charge in [0.05, 0.1) is 21.7 Å². The van der Waals surface area contributed by atoms with Gasteiger partial charge in [0.2, 0.25) is 5.91 Å². The van der Waals surface area contributed by atoms with Gasteiger partial charge in [-0.05, 0) is 62.8 Å². The van der Waals surface area contributed by atoms with Crippen LogP contribution in [-0.2, 0) is 14.6 Å². The zero-order chi connectivity index (χ0) is 19.0. The molecule has 2 aliphatic rings. The highest BCUT2D eigenvalue weighted by Crippen LogP contribution is 2.49. The second-order valence-corrected chi connectivity index (χ2v) is 10.1. The highest BCUT2D eigenvalue weighted by molar-refractivity contribution is 7.91. The smallest absolute Gasteiger partial charge is 0.233 e. The Balaban J connectivity index is 1.74.